The second-order valence-electron chi connectivity index (χ2n) is 7.12. The highest BCUT2D eigenvalue weighted by Gasteiger charge is 2.17. The number of piperidine rings is 1. The Morgan fingerprint density at radius 2 is 1.96 bits per heavy atom. The molecule has 1 aromatic carbocycles. The van der Waals surface area contributed by atoms with Crippen molar-refractivity contribution in [3.05, 3.63) is 35.4 Å². The van der Waals surface area contributed by atoms with Gasteiger partial charge in [-0.3, -0.25) is 4.90 Å². The van der Waals surface area contributed by atoms with Crippen molar-refractivity contribution < 1.29 is 9.90 Å². The third-order valence-electron chi connectivity index (χ3n) is 4.70. The SMILES string of the molecule is CC(O)CN(C)C(=O)NCc1ccccc1CN1CCC(C)CC1. The van der Waals surface area contributed by atoms with E-state index in [0.29, 0.717) is 13.1 Å². The monoisotopic (exact) mass is 333 g/mol. The van der Waals surface area contributed by atoms with Crippen molar-refractivity contribution >= 4 is 6.03 Å². The van der Waals surface area contributed by atoms with Crippen molar-refractivity contribution in [1.82, 2.24) is 15.1 Å². The van der Waals surface area contributed by atoms with Crippen LogP contribution in [0.5, 0.6) is 0 Å². The fraction of sp³-hybridized carbons (Fsp3) is 0.632. The summed E-state index contributed by atoms with van der Waals surface area (Å²) in [5.41, 5.74) is 2.44. The number of nitrogens with zero attached hydrogens (tertiary/aromatic N) is 2. The number of hydrogen-bond acceptors (Lipinski definition) is 3. The number of nitrogens with one attached hydrogen (secondary N) is 1. The molecule has 0 saturated carbocycles. The highest BCUT2D eigenvalue weighted by molar-refractivity contribution is 5.73. The van der Waals surface area contributed by atoms with Gasteiger partial charge < -0.3 is 15.3 Å². The van der Waals surface area contributed by atoms with Gasteiger partial charge in [-0.1, -0.05) is 31.2 Å². The summed E-state index contributed by atoms with van der Waals surface area (Å²) >= 11 is 0. The van der Waals surface area contributed by atoms with Crippen molar-refractivity contribution in [2.45, 2.75) is 45.9 Å². The van der Waals surface area contributed by atoms with Crippen LogP contribution in [0, 0.1) is 5.92 Å². The predicted octanol–water partition coefficient (Wildman–Crippen LogP) is 2.44. The van der Waals surface area contributed by atoms with Crippen LogP contribution in [-0.2, 0) is 13.1 Å². The van der Waals surface area contributed by atoms with E-state index in [2.05, 4.69) is 35.3 Å². The Bertz CT molecular complexity index is 525. The van der Waals surface area contributed by atoms with Crippen LogP contribution in [0.4, 0.5) is 4.79 Å². The summed E-state index contributed by atoms with van der Waals surface area (Å²) in [5.74, 6) is 0.834. The van der Waals surface area contributed by atoms with Crippen molar-refractivity contribution in [2.24, 2.45) is 5.92 Å². The lowest BCUT2D eigenvalue weighted by Crippen LogP contribution is -2.40. The molecule has 0 bridgehead atoms. The van der Waals surface area contributed by atoms with Gasteiger partial charge in [0, 0.05) is 26.7 Å². The molecule has 1 aromatic rings. The standard InChI is InChI=1S/C19H31N3O2/c1-15-8-10-22(11-9-15)14-18-7-5-4-6-17(18)12-20-19(24)21(3)13-16(2)23/h4-7,15-16,23H,8-14H2,1-3H3,(H,20,24). The number of benzene rings is 1. The number of likely N-dealkylation sites (N-methyl/N-ethyl adjacent to an activating group) is 1. The molecule has 24 heavy (non-hydrogen) atoms. The maximum atomic E-state index is 12.1. The number of aliphatic hydroxyl groups excluding tert-OH is 1. The molecule has 134 valence electrons. The number of urea groups is 1. The third kappa shape index (κ3) is 5.80. The van der Waals surface area contributed by atoms with E-state index in [0.717, 1.165) is 31.1 Å². The topological polar surface area (TPSA) is 55.8 Å². The van der Waals surface area contributed by atoms with Crippen LogP contribution in [0.3, 0.4) is 0 Å². The molecule has 5 heteroatoms. The minimum absolute atomic E-state index is 0.155. The average Bonchev–Trinajstić information content (AvgIpc) is 2.55. The van der Waals surface area contributed by atoms with Gasteiger partial charge in [-0.25, -0.2) is 4.79 Å². The van der Waals surface area contributed by atoms with Crippen molar-refractivity contribution in [2.75, 3.05) is 26.7 Å². The first-order chi connectivity index (χ1) is 11.5. The van der Waals surface area contributed by atoms with Gasteiger partial charge in [0.1, 0.15) is 0 Å². The van der Waals surface area contributed by atoms with Gasteiger partial charge in [-0.05, 0) is 49.9 Å². The molecule has 1 unspecified atom stereocenters. The van der Waals surface area contributed by atoms with Crippen molar-refractivity contribution in [1.29, 1.82) is 0 Å². The Kier molecular flexibility index (Phi) is 7.06. The van der Waals surface area contributed by atoms with Gasteiger partial charge in [0.05, 0.1) is 6.10 Å². The summed E-state index contributed by atoms with van der Waals surface area (Å²) in [6.45, 7) is 8.10. The Balaban J connectivity index is 1.90. The summed E-state index contributed by atoms with van der Waals surface area (Å²) in [6.07, 6.45) is 2.01. The maximum absolute atomic E-state index is 12.1. The molecule has 2 amide bonds. The quantitative estimate of drug-likeness (QED) is 0.841. The molecule has 1 atom stereocenters. The minimum atomic E-state index is -0.519. The second-order valence-corrected chi connectivity index (χ2v) is 7.12. The number of likely N-dealkylation sites (tertiary alicyclic amines) is 1. The van der Waals surface area contributed by atoms with Crippen LogP contribution >= 0.6 is 0 Å². The molecule has 1 heterocycles. The van der Waals surface area contributed by atoms with Gasteiger partial charge >= 0.3 is 6.03 Å². The number of rotatable bonds is 6. The van der Waals surface area contributed by atoms with Crippen molar-refractivity contribution in [3.8, 4) is 0 Å². The fourth-order valence-corrected chi connectivity index (χ4v) is 3.13. The lowest BCUT2D eigenvalue weighted by atomic mass is 9.98. The Morgan fingerprint density at radius 3 is 2.58 bits per heavy atom. The molecule has 2 rings (SSSR count). The molecule has 1 fully saturated rings. The summed E-state index contributed by atoms with van der Waals surface area (Å²) in [4.78, 5) is 16.1. The lowest BCUT2D eigenvalue weighted by Gasteiger charge is -2.30. The van der Waals surface area contributed by atoms with E-state index in [1.807, 2.05) is 6.07 Å². The molecule has 1 aliphatic heterocycles. The van der Waals surface area contributed by atoms with E-state index >= 15 is 0 Å². The van der Waals surface area contributed by atoms with Crippen molar-refractivity contribution in [3.63, 3.8) is 0 Å². The van der Waals surface area contributed by atoms with Gasteiger partial charge in [0.2, 0.25) is 0 Å². The first-order valence-electron chi connectivity index (χ1n) is 8.92. The summed E-state index contributed by atoms with van der Waals surface area (Å²) in [6, 6.07) is 8.16. The highest BCUT2D eigenvalue weighted by atomic mass is 16.3. The van der Waals surface area contributed by atoms with Crippen LogP contribution < -0.4 is 5.32 Å². The molecule has 0 aromatic heterocycles. The third-order valence-corrected chi connectivity index (χ3v) is 4.70. The number of carbonyl (C=O) groups is 1. The molecule has 0 radical (unpaired) electrons. The molecule has 0 aliphatic carbocycles. The van der Waals surface area contributed by atoms with Gasteiger partial charge in [0.25, 0.3) is 0 Å². The minimum Gasteiger partial charge on any atom is -0.392 e. The molecule has 1 saturated heterocycles. The van der Waals surface area contributed by atoms with Crippen LogP contribution in [0.25, 0.3) is 0 Å². The van der Waals surface area contributed by atoms with Gasteiger partial charge in [-0.15, -0.1) is 0 Å². The van der Waals surface area contributed by atoms with E-state index in [-0.39, 0.29) is 6.03 Å². The van der Waals surface area contributed by atoms with E-state index in [4.69, 9.17) is 0 Å². The average molecular weight is 333 g/mol. The Labute approximate surface area is 145 Å². The molecule has 0 spiro atoms. The Morgan fingerprint density at radius 1 is 1.33 bits per heavy atom. The zero-order valence-electron chi connectivity index (χ0n) is 15.2. The van der Waals surface area contributed by atoms with E-state index in [9.17, 15) is 9.90 Å². The largest absolute Gasteiger partial charge is 0.392 e. The van der Waals surface area contributed by atoms with E-state index < -0.39 is 6.10 Å². The fourth-order valence-electron chi connectivity index (χ4n) is 3.13. The zero-order valence-corrected chi connectivity index (χ0v) is 15.2. The molecule has 5 nitrogen and oxygen atoms in total. The smallest absolute Gasteiger partial charge is 0.317 e. The first kappa shape index (κ1) is 18.7. The summed E-state index contributed by atoms with van der Waals surface area (Å²) in [7, 11) is 1.70. The van der Waals surface area contributed by atoms with Crippen LogP contribution in [0.15, 0.2) is 24.3 Å². The molecular formula is C19H31N3O2. The lowest BCUT2D eigenvalue weighted by molar-refractivity contribution is 0.143. The second kappa shape index (κ2) is 9.04. The summed E-state index contributed by atoms with van der Waals surface area (Å²) in [5, 5.41) is 12.3. The van der Waals surface area contributed by atoms with Crippen LogP contribution in [0.1, 0.15) is 37.8 Å². The first-order valence-corrected chi connectivity index (χ1v) is 8.92. The number of amides is 2. The number of carbonyl (C=O) groups excluding carboxylic acids is 1. The predicted molar refractivity (Wildman–Crippen MR) is 96.7 cm³/mol. The van der Waals surface area contributed by atoms with E-state index in [1.54, 1.807) is 14.0 Å². The molecule has 1 aliphatic rings. The Hall–Kier alpha value is -1.59. The summed E-state index contributed by atoms with van der Waals surface area (Å²) < 4.78 is 0. The van der Waals surface area contributed by atoms with E-state index in [1.165, 1.54) is 23.3 Å². The number of hydrogen-bond donors (Lipinski definition) is 2. The number of aliphatic hydroxyl groups is 1. The zero-order chi connectivity index (χ0) is 17.5. The van der Waals surface area contributed by atoms with Gasteiger partial charge in [-0.2, -0.15) is 0 Å². The van der Waals surface area contributed by atoms with Crippen LogP contribution in [0.2, 0.25) is 0 Å². The molecular weight excluding hydrogens is 302 g/mol. The van der Waals surface area contributed by atoms with Gasteiger partial charge in [0.15, 0.2) is 0 Å². The highest BCUT2D eigenvalue weighted by Crippen LogP contribution is 2.19. The maximum Gasteiger partial charge on any atom is 0.317 e. The normalized spacial score (nSPS) is 17.5. The molecule has 2 N–H and O–H groups in total. The van der Waals surface area contributed by atoms with Crippen LogP contribution in [-0.4, -0.2) is 53.7 Å².